The Morgan fingerprint density at radius 2 is 1.73 bits per heavy atom. The van der Waals surface area contributed by atoms with Crippen molar-refractivity contribution in [1.29, 1.82) is 0 Å². The van der Waals surface area contributed by atoms with Gasteiger partial charge in [-0.15, -0.1) is 0 Å². The second-order valence-corrected chi connectivity index (χ2v) is 11.8. The smallest absolute Gasteiger partial charge is 0.304 e. The van der Waals surface area contributed by atoms with Gasteiger partial charge in [0, 0.05) is 26.7 Å². The van der Waals surface area contributed by atoms with Crippen LogP contribution in [0.4, 0.5) is 10.1 Å². The molecule has 0 aliphatic heterocycles. The van der Waals surface area contributed by atoms with Gasteiger partial charge in [0.05, 0.1) is 5.69 Å². The fourth-order valence-corrected chi connectivity index (χ4v) is 5.58. The Labute approximate surface area is 219 Å². The van der Waals surface area contributed by atoms with E-state index in [4.69, 9.17) is 0 Å². The van der Waals surface area contributed by atoms with Gasteiger partial charge in [-0.2, -0.15) is 12.7 Å². The largest absolute Gasteiger partial charge is 0.352 e. The highest BCUT2D eigenvalue weighted by atomic mass is 32.2. The molecule has 2 amide bonds. The molecule has 0 saturated heterocycles. The zero-order valence-electron chi connectivity index (χ0n) is 22.0. The molecule has 1 aliphatic carbocycles. The average molecular weight is 533 g/mol. The van der Waals surface area contributed by atoms with Gasteiger partial charge in [0.25, 0.3) is 0 Å². The minimum atomic E-state index is -4.21. The first-order chi connectivity index (χ1) is 17.5. The molecule has 2 aromatic rings. The number of anilines is 1. The molecule has 0 bridgehead atoms. The maximum Gasteiger partial charge on any atom is 0.304 e. The summed E-state index contributed by atoms with van der Waals surface area (Å²) in [6.07, 6.45) is 5.03. The molecule has 0 radical (unpaired) electrons. The van der Waals surface area contributed by atoms with Crippen molar-refractivity contribution in [3.8, 4) is 0 Å². The lowest BCUT2D eigenvalue weighted by Gasteiger charge is -2.34. The molecule has 0 aromatic heterocycles. The standard InChI is InChI=1S/C27H37FN4O4S/c1-20-11-10-12-22(17-20)18-31(21(2)27(34)29-23-13-6-5-7-14-23)26(33)19-32(37(35,36)30(3)4)25-16-9-8-15-24(25)28/h8-12,15-17,21,23H,5-7,13-14,18-19H2,1-4H3,(H,29,34)/t21-/m0/s1. The van der Waals surface area contributed by atoms with E-state index in [0.29, 0.717) is 0 Å². The first-order valence-corrected chi connectivity index (χ1v) is 14.0. The Balaban J connectivity index is 1.93. The molecule has 202 valence electrons. The van der Waals surface area contributed by atoms with E-state index in [2.05, 4.69) is 5.32 Å². The van der Waals surface area contributed by atoms with Gasteiger partial charge in [0.1, 0.15) is 18.4 Å². The van der Waals surface area contributed by atoms with Crippen molar-refractivity contribution in [2.45, 2.75) is 64.6 Å². The van der Waals surface area contributed by atoms with Crippen molar-refractivity contribution >= 4 is 27.7 Å². The number of amides is 2. The van der Waals surface area contributed by atoms with E-state index in [0.717, 1.165) is 57.9 Å². The fourth-order valence-electron chi connectivity index (χ4n) is 4.51. The van der Waals surface area contributed by atoms with E-state index in [1.54, 1.807) is 6.92 Å². The normalized spacial score (nSPS) is 15.3. The number of benzene rings is 2. The lowest BCUT2D eigenvalue weighted by molar-refractivity contribution is -0.139. The predicted molar refractivity (Wildman–Crippen MR) is 143 cm³/mol. The van der Waals surface area contributed by atoms with Crippen LogP contribution in [0.25, 0.3) is 0 Å². The van der Waals surface area contributed by atoms with Crippen LogP contribution in [-0.4, -0.2) is 62.2 Å². The topological polar surface area (TPSA) is 90.0 Å². The summed E-state index contributed by atoms with van der Waals surface area (Å²) in [5, 5.41) is 3.06. The van der Waals surface area contributed by atoms with E-state index >= 15 is 0 Å². The van der Waals surface area contributed by atoms with Crippen molar-refractivity contribution in [3.63, 3.8) is 0 Å². The Morgan fingerprint density at radius 1 is 1.05 bits per heavy atom. The van der Waals surface area contributed by atoms with Crippen LogP contribution in [0.3, 0.4) is 0 Å². The van der Waals surface area contributed by atoms with Crippen LogP contribution in [-0.2, 0) is 26.3 Å². The zero-order chi connectivity index (χ0) is 27.2. The number of nitrogens with zero attached hydrogens (tertiary/aromatic N) is 3. The zero-order valence-corrected chi connectivity index (χ0v) is 22.8. The summed E-state index contributed by atoms with van der Waals surface area (Å²) in [7, 11) is -1.58. The molecule has 37 heavy (non-hydrogen) atoms. The number of carbonyl (C=O) groups is 2. The highest BCUT2D eigenvalue weighted by molar-refractivity contribution is 7.90. The lowest BCUT2D eigenvalue weighted by Crippen LogP contribution is -2.53. The van der Waals surface area contributed by atoms with E-state index in [9.17, 15) is 22.4 Å². The highest BCUT2D eigenvalue weighted by Crippen LogP contribution is 2.24. The van der Waals surface area contributed by atoms with Crippen LogP contribution < -0.4 is 9.62 Å². The first-order valence-electron chi connectivity index (χ1n) is 12.6. The lowest BCUT2D eigenvalue weighted by atomic mass is 9.95. The van der Waals surface area contributed by atoms with Crippen molar-refractivity contribution in [1.82, 2.24) is 14.5 Å². The molecule has 0 heterocycles. The molecular weight excluding hydrogens is 495 g/mol. The van der Waals surface area contributed by atoms with Gasteiger partial charge in [-0.3, -0.25) is 9.59 Å². The third-order valence-electron chi connectivity index (χ3n) is 6.69. The molecule has 1 aliphatic rings. The summed E-state index contributed by atoms with van der Waals surface area (Å²) in [6, 6.07) is 12.2. The summed E-state index contributed by atoms with van der Waals surface area (Å²) in [6.45, 7) is 3.01. The maximum absolute atomic E-state index is 14.7. The molecule has 3 rings (SSSR count). The van der Waals surface area contributed by atoms with Gasteiger partial charge < -0.3 is 10.2 Å². The third-order valence-corrected chi connectivity index (χ3v) is 8.50. The molecular formula is C27H37FN4O4S. The van der Waals surface area contributed by atoms with Gasteiger partial charge in [-0.05, 0) is 44.4 Å². The maximum atomic E-state index is 14.7. The van der Waals surface area contributed by atoms with Gasteiger partial charge in [-0.1, -0.05) is 61.2 Å². The van der Waals surface area contributed by atoms with E-state index < -0.39 is 34.5 Å². The van der Waals surface area contributed by atoms with Crippen LogP contribution in [0, 0.1) is 12.7 Å². The predicted octanol–water partition coefficient (Wildman–Crippen LogP) is 3.61. The number of carbonyl (C=O) groups excluding carboxylic acids is 2. The van der Waals surface area contributed by atoms with Crippen LogP contribution in [0.1, 0.15) is 50.2 Å². The van der Waals surface area contributed by atoms with Crippen molar-refractivity contribution in [2.24, 2.45) is 0 Å². The Hall–Kier alpha value is -2.98. The molecule has 8 nitrogen and oxygen atoms in total. The average Bonchev–Trinajstić information content (AvgIpc) is 2.86. The van der Waals surface area contributed by atoms with Crippen molar-refractivity contribution < 1.29 is 22.4 Å². The molecule has 0 spiro atoms. The quantitative estimate of drug-likeness (QED) is 0.506. The molecule has 1 atom stereocenters. The summed E-state index contributed by atoms with van der Waals surface area (Å²) >= 11 is 0. The summed E-state index contributed by atoms with van der Waals surface area (Å²) in [4.78, 5) is 28.3. The Bertz CT molecular complexity index is 1200. The van der Waals surface area contributed by atoms with E-state index in [-0.39, 0.29) is 24.2 Å². The molecule has 1 saturated carbocycles. The Kier molecular flexibility index (Phi) is 9.67. The van der Waals surface area contributed by atoms with E-state index in [1.165, 1.54) is 37.2 Å². The van der Waals surface area contributed by atoms with Crippen LogP contribution in [0.15, 0.2) is 48.5 Å². The third kappa shape index (κ3) is 7.29. The minimum absolute atomic E-state index is 0.0589. The SMILES string of the molecule is Cc1cccc(CN(C(=O)CN(c2ccccc2F)S(=O)(=O)N(C)C)[C@@H](C)C(=O)NC2CCCCC2)c1. The molecule has 1 fully saturated rings. The molecule has 1 N–H and O–H groups in total. The summed E-state index contributed by atoms with van der Waals surface area (Å²) in [5.74, 6) is -1.67. The number of aryl methyl sites for hydroxylation is 1. The number of rotatable bonds is 10. The van der Waals surface area contributed by atoms with Crippen molar-refractivity contribution in [2.75, 3.05) is 24.9 Å². The number of nitrogens with one attached hydrogen (secondary N) is 1. The highest BCUT2D eigenvalue weighted by Gasteiger charge is 2.34. The number of para-hydroxylation sites is 1. The van der Waals surface area contributed by atoms with Gasteiger partial charge in [0.2, 0.25) is 11.8 Å². The second kappa shape index (κ2) is 12.5. The van der Waals surface area contributed by atoms with Gasteiger partial charge >= 0.3 is 10.2 Å². The first kappa shape index (κ1) is 28.6. The molecule has 2 aromatic carbocycles. The van der Waals surface area contributed by atoms with E-state index in [1.807, 2.05) is 31.2 Å². The summed E-state index contributed by atoms with van der Waals surface area (Å²) < 4.78 is 42.7. The van der Waals surface area contributed by atoms with Crippen LogP contribution >= 0.6 is 0 Å². The number of halogens is 1. The Morgan fingerprint density at radius 3 is 2.35 bits per heavy atom. The second-order valence-electron chi connectivity index (χ2n) is 9.78. The molecule has 10 heteroatoms. The number of hydrogen-bond donors (Lipinski definition) is 1. The minimum Gasteiger partial charge on any atom is -0.352 e. The fraction of sp³-hybridized carbons (Fsp3) is 0.481. The van der Waals surface area contributed by atoms with Crippen molar-refractivity contribution in [3.05, 3.63) is 65.5 Å². The molecule has 0 unspecified atom stereocenters. The van der Waals surface area contributed by atoms with Crippen LogP contribution in [0.5, 0.6) is 0 Å². The van der Waals surface area contributed by atoms with Crippen LogP contribution in [0.2, 0.25) is 0 Å². The van der Waals surface area contributed by atoms with Gasteiger partial charge in [0.15, 0.2) is 0 Å². The monoisotopic (exact) mass is 532 g/mol. The van der Waals surface area contributed by atoms with Gasteiger partial charge in [-0.25, -0.2) is 8.70 Å². The number of hydrogen-bond acceptors (Lipinski definition) is 4. The summed E-state index contributed by atoms with van der Waals surface area (Å²) in [5.41, 5.74) is 1.56.